The molecule has 1 aromatic carbocycles. The number of nitrogens with one attached hydrogen (secondary N) is 2. The fourth-order valence-electron chi connectivity index (χ4n) is 4.84. The molecular weight excluding hydrogens is 560 g/mol. The lowest BCUT2D eigenvalue weighted by Crippen LogP contribution is -2.57. The van der Waals surface area contributed by atoms with E-state index in [9.17, 15) is 4.79 Å². The summed E-state index contributed by atoms with van der Waals surface area (Å²) in [7, 11) is 0. The number of anilines is 1. The van der Waals surface area contributed by atoms with E-state index in [4.69, 9.17) is 0 Å². The standard InChI is InChI=1S/C22H24Br2N6O.ClH/c23-16-3-1-2-15(12-16)22(4-6-25-7-5-22)21(31)30-10-8-29(9-11-30)20-18-17(24)13-26-19(18)27-14-28-20;/h1-3,12-14,25H,4-11H2,(H,26,27,28);1H. The minimum atomic E-state index is -0.455. The number of hydrogen-bond donors (Lipinski definition) is 2. The summed E-state index contributed by atoms with van der Waals surface area (Å²) in [5.41, 5.74) is 1.48. The molecule has 2 aliphatic rings. The van der Waals surface area contributed by atoms with Gasteiger partial charge in [0.25, 0.3) is 0 Å². The van der Waals surface area contributed by atoms with Crippen LogP contribution < -0.4 is 10.2 Å². The van der Waals surface area contributed by atoms with Gasteiger partial charge >= 0.3 is 0 Å². The number of aromatic nitrogens is 3. The van der Waals surface area contributed by atoms with Crippen LogP contribution in [-0.4, -0.2) is 65.0 Å². The SMILES string of the molecule is Cl.O=C(N1CCN(c2ncnc3[nH]cc(Br)c23)CC1)C1(c2cccc(Br)c2)CCNCC1. The minimum absolute atomic E-state index is 0. The first-order valence-electron chi connectivity index (χ1n) is 10.6. The van der Waals surface area contributed by atoms with Gasteiger partial charge in [0.1, 0.15) is 17.8 Å². The first-order chi connectivity index (χ1) is 15.1. The first-order valence-corrected chi connectivity index (χ1v) is 12.2. The van der Waals surface area contributed by atoms with Gasteiger partial charge in [0.05, 0.1) is 10.8 Å². The van der Waals surface area contributed by atoms with Gasteiger partial charge in [-0.3, -0.25) is 4.79 Å². The Morgan fingerprint density at radius 1 is 1.06 bits per heavy atom. The highest BCUT2D eigenvalue weighted by molar-refractivity contribution is 9.11. The third-order valence-corrected chi connectivity index (χ3v) is 7.63. The number of fused-ring (bicyclic) bond motifs is 1. The molecule has 0 spiro atoms. The highest BCUT2D eigenvalue weighted by Crippen LogP contribution is 2.37. The van der Waals surface area contributed by atoms with Crippen molar-refractivity contribution in [2.75, 3.05) is 44.2 Å². The molecule has 2 fully saturated rings. The molecule has 7 nitrogen and oxygen atoms in total. The van der Waals surface area contributed by atoms with E-state index in [2.05, 4.69) is 69.2 Å². The number of amides is 1. The summed E-state index contributed by atoms with van der Waals surface area (Å²) in [5, 5.41) is 4.41. The zero-order valence-electron chi connectivity index (χ0n) is 17.5. The van der Waals surface area contributed by atoms with Crippen molar-refractivity contribution < 1.29 is 4.79 Å². The normalized spacial score (nSPS) is 18.4. The number of piperidine rings is 1. The van der Waals surface area contributed by atoms with Crippen molar-refractivity contribution in [1.29, 1.82) is 0 Å². The number of aromatic amines is 1. The maximum atomic E-state index is 13.9. The van der Waals surface area contributed by atoms with Crippen molar-refractivity contribution in [3.63, 3.8) is 0 Å². The number of H-pyrrole nitrogens is 1. The van der Waals surface area contributed by atoms with Crippen molar-refractivity contribution in [1.82, 2.24) is 25.2 Å². The molecule has 0 saturated carbocycles. The van der Waals surface area contributed by atoms with E-state index in [0.717, 1.165) is 70.4 Å². The Morgan fingerprint density at radius 2 is 1.81 bits per heavy atom. The Hall–Kier alpha value is -1.68. The molecule has 10 heteroatoms. The summed E-state index contributed by atoms with van der Waals surface area (Å²) < 4.78 is 1.98. The van der Waals surface area contributed by atoms with Crippen LogP contribution in [0.5, 0.6) is 0 Å². The summed E-state index contributed by atoms with van der Waals surface area (Å²) in [5.74, 6) is 1.16. The molecule has 3 aromatic rings. The summed E-state index contributed by atoms with van der Waals surface area (Å²) in [6, 6.07) is 8.26. The minimum Gasteiger partial charge on any atom is -0.352 e. The fourth-order valence-corrected chi connectivity index (χ4v) is 5.72. The Morgan fingerprint density at radius 3 is 2.53 bits per heavy atom. The number of carbonyl (C=O) groups is 1. The Kier molecular flexibility index (Phi) is 7.09. The van der Waals surface area contributed by atoms with Crippen LogP contribution in [-0.2, 0) is 10.2 Å². The van der Waals surface area contributed by atoms with Crippen LogP contribution in [0, 0.1) is 0 Å². The molecule has 170 valence electrons. The second-order valence-corrected chi connectivity index (χ2v) is 9.95. The summed E-state index contributed by atoms with van der Waals surface area (Å²) in [6.07, 6.45) is 5.13. The van der Waals surface area contributed by atoms with Gasteiger partial charge in [-0.2, -0.15) is 0 Å². The summed E-state index contributed by atoms with van der Waals surface area (Å²) in [4.78, 5) is 30.2. The van der Waals surface area contributed by atoms with Gasteiger partial charge < -0.3 is 20.1 Å². The van der Waals surface area contributed by atoms with Crippen molar-refractivity contribution >= 4 is 67.0 Å². The lowest BCUT2D eigenvalue weighted by molar-refractivity contribution is -0.139. The van der Waals surface area contributed by atoms with Crippen LogP contribution in [0.1, 0.15) is 18.4 Å². The topological polar surface area (TPSA) is 77.2 Å². The molecule has 0 bridgehead atoms. The van der Waals surface area contributed by atoms with Gasteiger partial charge in [-0.25, -0.2) is 9.97 Å². The van der Waals surface area contributed by atoms with Crippen LogP contribution in [0.15, 0.2) is 45.7 Å². The van der Waals surface area contributed by atoms with Gasteiger partial charge in [0.2, 0.25) is 5.91 Å². The van der Waals surface area contributed by atoms with E-state index in [1.165, 1.54) is 0 Å². The molecule has 2 aromatic heterocycles. The molecule has 5 rings (SSSR count). The third-order valence-electron chi connectivity index (χ3n) is 6.51. The van der Waals surface area contributed by atoms with Crippen molar-refractivity contribution in [2.45, 2.75) is 18.3 Å². The molecule has 2 N–H and O–H groups in total. The van der Waals surface area contributed by atoms with Gasteiger partial charge in [-0.05, 0) is 59.6 Å². The number of piperazine rings is 1. The number of nitrogens with zero attached hydrogens (tertiary/aromatic N) is 4. The molecule has 2 saturated heterocycles. The molecule has 1 amide bonds. The third kappa shape index (κ3) is 4.16. The van der Waals surface area contributed by atoms with Gasteiger partial charge in [0, 0.05) is 41.3 Å². The lowest BCUT2D eigenvalue weighted by Gasteiger charge is -2.43. The van der Waals surface area contributed by atoms with Crippen molar-refractivity contribution in [3.8, 4) is 0 Å². The molecule has 0 radical (unpaired) electrons. The van der Waals surface area contributed by atoms with E-state index >= 15 is 0 Å². The van der Waals surface area contributed by atoms with E-state index in [1.807, 2.05) is 23.2 Å². The largest absolute Gasteiger partial charge is 0.352 e. The smallest absolute Gasteiger partial charge is 0.233 e. The summed E-state index contributed by atoms with van der Waals surface area (Å²) in [6.45, 7) is 4.60. The molecule has 0 unspecified atom stereocenters. The van der Waals surface area contributed by atoms with Gasteiger partial charge in [-0.1, -0.05) is 28.1 Å². The fraction of sp³-hybridized carbons (Fsp3) is 0.409. The van der Waals surface area contributed by atoms with E-state index in [-0.39, 0.29) is 18.3 Å². The first kappa shape index (κ1) is 23.5. The predicted octanol–water partition coefficient (Wildman–Crippen LogP) is 3.87. The second-order valence-electron chi connectivity index (χ2n) is 8.18. The summed E-state index contributed by atoms with van der Waals surface area (Å²) >= 11 is 7.19. The van der Waals surface area contributed by atoms with Crippen LogP contribution in [0.4, 0.5) is 5.82 Å². The Bertz CT molecular complexity index is 1110. The van der Waals surface area contributed by atoms with Gasteiger partial charge in [-0.15, -0.1) is 12.4 Å². The van der Waals surface area contributed by atoms with Crippen molar-refractivity contribution in [2.24, 2.45) is 0 Å². The second kappa shape index (κ2) is 9.67. The molecular formula is C22H25Br2ClN6O. The quantitative estimate of drug-likeness (QED) is 0.489. The maximum Gasteiger partial charge on any atom is 0.233 e. The number of carbonyl (C=O) groups excluding carboxylic acids is 1. The Labute approximate surface area is 210 Å². The number of hydrogen-bond acceptors (Lipinski definition) is 5. The van der Waals surface area contributed by atoms with Crippen LogP contribution in [0.3, 0.4) is 0 Å². The molecule has 0 aliphatic carbocycles. The van der Waals surface area contributed by atoms with E-state index < -0.39 is 5.41 Å². The zero-order chi connectivity index (χ0) is 21.4. The zero-order valence-corrected chi connectivity index (χ0v) is 21.5. The van der Waals surface area contributed by atoms with Crippen LogP contribution in [0.25, 0.3) is 11.0 Å². The number of benzene rings is 1. The highest BCUT2D eigenvalue weighted by atomic mass is 79.9. The number of halogens is 3. The van der Waals surface area contributed by atoms with Gasteiger partial charge in [0.15, 0.2) is 0 Å². The van der Waals surface area contributed by atoms with Crippen LogP contribution >= 0.6 is 44.3 Å². The molecule has 4 heterocycles. The van der Waals surface area contributed by atoms with E-state index in [1.54, 1.807) is 6.33 Å². The number of rotatable bonds is 3. The molecule has 32 heavy (non-hydrogen) atoms. The average Bonchev–Trinajstić information content (AvgIpc) is 3.20. The lowest BCUT2D eigenvalue weighted by atomic mass is 9.72. The Balaban J connectivity index is 0.00000245. The predicted molar refractivity (Wildman–Crippen MR) is 136 cm³/mol. The van der Waals surface area contributed by atoms with Crippen LogP contribution in [0.2, 0.25) is 0 Å². The average molecular weight is 585 g/mol. The van der Waals surface area contributed by atoms with E-state index in [0.29, 0.717) is 13.1 Å². The van der Waals surface area contributed by atoms with Crippen molar-refractivity contribution in [3.05, 3.63) is 51.3 Å². The molecule has 2 aliphatic heterocycles. The molecule has 0 atom stereocenters. The monoisotopic (exact) mass is 582 g/mol. The highest BCUT2D eigenvalue weighted by Gasteiger charge is 2.44. The maximum absolute atomic E-state index is 13.9.